The molecule has 3 heterocycles. The number of fused-ring (bicyclic) bond motifs is 1. The molecule has 0 radical (unpaired) electrons. The number of hydrogen-bond donors (Lipinski definition) is 0. The van der Waals surface area contributed by atoms with E-state index >= 15 is 0 Å². The van der Waals surface area contributed by atoms with Crippen LogP contribution in [0.5, 0.6) is 5.75 Å². The van der Waals surface area contributed by atoms with Crippen molar-refractivity contribution in [2.24, 2.45) is 0 Å². The summed E-state index contributed by atoms with van der Waals surface area (Å²) in [6.45, 7) is 0.805. The van der Waals surface area contributed by atoms with Gasteiger partial charge in [-0.05, 0) is 30.9 Å². The smallest absolute Gasteiger partial charge is 0.264 e. The molecule has 0 aliphatic carbocycles. The SMILES string of the molecule is O=C(C1Cc2ccccc2O1)N1CCCCC1c1nccs1. The molecule has 22 heavy (non-hydrogen) atoms. The van der Waals surface area contributed by atoms with Crippen LogP contribution in [0.1, 0.15) is 35.9 Å². The second-order valence-corrected chi connectivity index (χ2v) is 6.76. The number of nitrogens with zero attached hydrogens (tertiary/aromatic N) is 2. The Labute approximate surface area is 133 Å². The highest BCUT2D eigenvalue weighted by atomic mass is 32.1. The molecule has 0 bridgehead atoms. The van der Waals surface area contributed by atoms with E-state index in [4.69, 9.17) is 4.74 Å². The maximum Gasteiger partial charge on any atom is 0.264 e. The van der Waals surface area contributed by atoms with Gasteiger partial charge in [0.2, 0.25) is 0 Å². The van der Waals surface area contributed by atoms with Gasteiger partial charge in [0, 0.05) is 24.5 Å². The van der Waals surface area contributed by atoms with Crippen molar-refractivity contribution in [2.75, 3.05) is 6.54 Å². The highest BCUT2D eigenvalue weighted by molar-refractivity contribution is 7.09. The van der Waals surface area contributed by atoms with Crippen LogP contribution in [0.2, 0.25) is 0 Å². The molecule has 2 aliphatic heterocycles. The Morgan fingerprint density at radius 1 is 1.32 bits per heavy atom. The molecule has 4 nitrogen and oxygen atoms in total. The molecule has 0 spiro atoms. The maximum atomic E-state index is 13.0. The van der Waals surface area contributed by atoms with E-state index in [2.05, 4.69) is 4.98 Å². The summed E-state index contributed by atoms with van der Waals surface area (Å²) in [4.78, 5) is 19.4. The van der Waals surface area contributed by atoms with Crippen molar-refractivity contribution < 1.29 is 9.53 Å². The van der Waals surface area contributed by atoms with E-state index in [1.165, 1.54) is 0 Å². The zero-order chi connectivity index (χ0) is 14.9. The molecule has 1 saturated heterocycles. The predicted octanol–water partition coefficient (Wildman–Crippen LogP) is 3.20. The summed E-state index contributed by atoms with van der Waals surface area (Å²) in [6, 6.07) is 8.04. The lowest BCUT2D eigenvalue weighted by Crippen LogP contribution is -2.45. The van der Waals surface area contributed by atoms with Gasteiger partial charge in [0.1, 0.15) is 10.8 Å². The van der Waals surface area contributed by atoms with Crippen LogP contribution in [0, 0.1) is 0 Å². The first kappa shape index (κ1) is 13.8. The number of likely N-dealkylation sites (tertiary alicyclic amines) is 1. The minimum Gasteiger partial charge on any atom is -0.480 e. The number of ether oxygens (including phenoxy) is 1. The highest BCUT2D eigenvalue weighted by Crippen LogP contribution is 2.35. The minimum atomic E-state index is -0.377. The van der Waals surface area contributed by atoms with E-state index in [-0.39, 0.29) is 18.1 Å². The number of carbonyl (C=O) groups excluding carboxylic acids is 1. The van der Waals surface area contributed by atoms with Crippen LogP contribution in [-0.4, -0.2) is 28.4 Å². The summed E-state index contributed by atoms with van der Waals surface area (Å²) in [7, 11) is 0. The molecule has 2 aromatic rings. The summed E-state index contributed by atoms with van der Waals surface area (Å²) in [5.74, 6) is 0.958. The van der Waals surface area contributed by atoms with E-state index in [0.717, 1.165) is 42.1 Å². The van der Waals surface area contributed by atoms with Gasteiger partial charge in [0.25, 0.3) is 5.91 Å². The van der Waals surface area contributed by atoms with Crippen LogP contribution in [-0.2, 0) is 11.2 Å². The van der Waals surface area contributed by atoms with Crippen LogP contribution < -0.4 is 4.74 Å². The molecule has 0 saturated carbocycles. The Hall–Kier alpha value is -1.88. The molecule has 114 valence electrons. The van der Waals surface area contributed by atoms with Crippen molar-refractivity contribution in [3.63, 3.8) is 0 Å². The van der Waals surface area contributed by atoms with E-state index in [9.17, 15) is 4.79 Å². The number of hydrogen-bond acceptors (Lipinski definition) is 4. The normalized spacial score (nSPS) is 23.9. The van der Waals surface area contributed by atoms with Gasteiger partial charge in [-0.2, -0.15) is 0 Å². The average Bonchev–Trinajstić information content (AvgIpc) is 3.23. The molecular weight excluding hydrogens is 296 g/mol. The monoisotopic (exact) mass is 314 g/mol. The van der Waals surface area contributed by atoms with Gasteiger partial charge >= 0.3 is 0 Å². The van der Waals surface area contributed by atoms with Crippen molar-refractivity contribution >= 4 is 17.2 Å². The van der Waals surface area contributed by atoms with E-state index < -0.39 is 0 Å². The minimum absolute atomic E-state index is 0.108. The number of piperidine rings is 1. The van der Waals surface area contributed by atoms with Gasteiger partial charge in [-0.15, -0.1) is 11.3 Å². The summed E-state index contributed by atoms with van der Waals surface area (Å²) in [5.41, 5.74) is 1.13. The third kappa shape index (κ3) is 2.39. The quantitative estimate of drug-likeness (QED) is 0.855. The topological polar surface area (TPSA) is 42.4 Å². The summed E-state index contributed by atoms with van der Waals surface area (Å²) in [6.07, 6.45) is 5.33. The lowest BCUT2D eigenvalue weighted by molar-refractivity contribution is -0.142. The van der Waals surface area contributed by atoms with Crippen LogP contribution in [0.25, 0.3) is 0 Å². The molecule has 2 unspecified atom stereocenters. The van der Waals surface area contributed by atoms with E-state index in [1.807, 2.05) is 40.7 Å². The molecule has 1 aromatic heterocycles. The molecule has 4 rings (SSSR count). The predicted molar refractivity (Wildman–Crippen MR) is 85.0 cm³/mol. The first-order valence-corrected chi connectivity index (χ1v) is 8.65. The zero-order valence-corrected chi connectivity index (χ0v) is 13.1. The molecule has 2 aliphatic rings. The number of carbonyl (C=O) groups is 1. The number of thiazole rings is 1. The van der Waals surface area contributed by atoms with Crippen LogP contribution in [0.15, 0.2) is 35.8 Å². The van der Waals surface area contributed by atoms with Crippen molar-refractivity contribution in [2.45, 2.75) is 37.8 Å². The molecule has 1 fully saturated rings. The first-order valence-electron chi connectivity index (χ1n) is 7.77. The second-order valence-electron chi connectivity index (χ2n) is 5.83. The molecule has 1 aromatic carbocycles. The molecule has 1 amide bonds. The fourth-order valence-corrected chi connectivity index (χ4v) is 4.14. The lowest BCUT2D eigenvalue weighted by atomic mass is 10.0. The summed E-state index contributed by atoms with van der Waals surface area (Å²) in [5, 5.41) is 3.03. The van der Waals surface area contributed by atoms with Gasteiger partial charge in [-0.3, -0.25) is 4.79 Å². The Morgan fingerprint density at radius 3 is 3.05 bits per heavy atom. The number of amides is 1. The third-order valence-corrected chi connectivity index (χ3v) is 5.32. The second kappa shape index (κ2) is 5.72. The Kier molecular flexibility index (Phi) is 3.58. The van der Waals surface area contributed by atoms with Gasteiger partial charge in [0.05, 0.1) is 6.04 Å². The molecular formula is C17H18N2O2S. The standard InChI is InChI=1S/C17H18N2O2S/c20-17(15-11-12-5-1-2-7-14(12)21-15)19-9-4-3-6-13(19)16-18-8-10-22-16/h1-2,5,7-8,10,13,15H,3-4,6,9,11H2. The van der Waals surface area contributed by atoms with E-state index in [0.29, 0.717) is 6.42 Å². The number of aromatic nitrogens is 1. The average molecular weight is 314 g/mol. The molecule has 5 heteroatoms. The Balaban J connectivity index is 1.54. The fourth-order valence-electron chi connectivity index (χ4n) is 3.36. The summed E-state index contributed by atoms with van der Waals surface area (Å²) < 4.78 is 5.88. The Morgan fingerprint density at radius 2 is 2.23 bits per heavy atom. The number of para-hydroxylation sites is 1. The molecule has 2 atom stereocenters. The van der Waals surface area contributed by atoms with Crippen molar-refractivity contribution in [3.05, 3.63) is 46.4 Å². The van der Waals surface area contributed by atoms with Gasteiger partial charge in [0.15, 0.2) is 6.10 Å². The summed E-state index contributed by atoms with van der Waals surface area (Å²) >= 11 is 1.63. The van der Waals surface area contributed by atoms with Crippen LogP contribution in [0.4, 0.5) is 0 Å². The third-order valence-electron chi connectivity index (χ3n) is 4.44. The van der Waals surface area contributed by atoms with Crippen LogP contribution in [0.3, 0.4) is 0 Å². The van der Waals surface area contributed by atoms with E-state index in [1.54, 1.807) is 11.3 Å². The van der Waals surface area contributed by atoms with Gasteiger partial charge < -0.3 is 9.64 Å². The lowest BCUT2D eigenvalue weighted by Gasteiger charge is -2.35. The number of rotatable bonds is 2. The number of benzene rings is 1. The fraction of sp³-hybridized carbons (Fsp3) is 0.412. The maximum absolute atomic E-state index is 13.0. The largest absolute Gasteiger partial charge is 0.480 e. The molecule has 0 N–H and O–H groups in total. The van der Waals surface area contributed by atoms with Gasteiger partial charge in [-0.1, -0.05) is 18.2 Å². The highest BCUT2D eigenvalue weighted by Gasteiger charge is 2.37. The zero-order valence-electron chi connectivity index (χ0n) is 12.3. The van der Waals surface area contributed by atoms with Crippen LogP contribution >= 0.6 is 11.3 Å². The van der Waals surface area contributed by atoms with Gasteiger partial charge in [-0.25, -0.2) is 4.98 Å². The Bertz CT molecular complexity index is 646. The van der Waals surface area contributed by atoms with Crippen molar-refractivity contribution in [1.82, 2.24) is 9.88 Å². The first-order chi connectivity index (χ1) is 10.8. The van der Waals surface area contributed by atoms with Crippen molar-refractivity contribution in [1.29, 1.82) is 0 Å². The van der Waals surface area contributed by atoms with Crippen molar-refractivity contribution in [3.8, 4) is 5.75 Å².